The number of hydrogen-bond donors (Lipinski definition) is 1. The van der Waals surface area contributed by atoms with E-state index in [1.165, 1.54) is 28.8 Å². The van der Waals surface area contributed by atoms with Crippen LogP contribution in [0.4, 0.5) is 0 Å². The van der Waals surface area contributed by atoms with Gasteiger partial charge in [-0.05, 0) is 29.8 Å². The standard InChI is InChI=1S/C21H24N4O5S2/c1-24-16-5-3-4-6-18(16)31-21(24)23-22-20(26)14-15-7-8-17(29-2)19(13-15)32(27,28)25-9-11-30-12-10-25/h3-8,13H,9-12,14H2,1-2H3,(H,22,26)/b23-21+. The molecule has 0 spiro atoms. The van der Waals surface area contributed by atoms with Crippen molar-refractivity contribution in [1.82, 2.24) is 14.3 Å². The highest BCUT2D eigenvalue weighted by Gasteiger charge is 2.29. The summed E-state index contributed by atoms with van der Waals surface area (Å²) in [6.07, 6.45) is -0.0201. The fourth-order valence-corrected chi connectivity index (χ4v) is 6.08. The number of sulfonamides is 1. The number of carbonyl (C=O) groups excluding carboxylic acids is 1. The number of para-hydroxylation sites is 1. The summed E-state index contributed by atoms with van der Waals surface area (Å²) in [4.78, 5) is 13.2. The molecule has 32 heavy (non-hydrogen) atoms. The molecule has 1 saturated heterocycles. The molecule has 0 atom stereocenters. The molecule has 2 aromatic carbocycles. The Bertz CT molecular complexity index is 1310. The lowest BCUT2D eigenvalue weighted by Gasteiger charge is -2.26. The number of rotatable bonds is 6. The molecule has 1 fully saturated rings. The Morgan fingerprint density at radius 1 is 1.22 bits per heavy atom. The van der Waals surface area contributed by atoms with Gasteiger partial charge in [0, 0.05) is 20.1 Å². The second kappa shape index (κ2) is 9.41. The Hall–Kier alpha value is -2.73. The van der Waals surface area contributed by atoms with Gasteiger partial charge in [0.25, 0.3) is 0 Å². The maximum Gasteiger partial charge on any atom is 0.246 e. The maximum atomic E-state index is 13.1. The van der Waals surface area contributed by atoms with Crippen molar-refractivity contribution in [2.24, 2.45) is 12.1 Å². The van der Waals surface area contributed by atoms with Crippen LogP contribution in [-0.2, 0) is 33.0 Å². The third-order valence-corrected chi connectivity index (χ3v) is 8.20. The number of carbonyl (C=O) groups is 1. The van der Waals surface area contributed by atoms with Crippen LogP contribution < -0.4 is 15.0 Å². The topological polar surface area (TPSA) is 102 Å². The molecule has 170 valence electrons. The Morgan fingerprint density at radius 2 is 1.97 bits per heavy atom. The summed E-state index contributed by atoms with van der Waals surface area (Å²) >= 11 is 1.47. The highest BCUT2D eigenvalue weighted by atomic mass is 32.2. The van der Waals surface area contributed by atoms with Crippen LogP contribution in [0.2, 0.25) is 0 Å². The number of ether oxygens (including phenoxy) is 2. The highest BCUT2D eigenvalue weighted by Crippen LogP contribution is 2.28. The van der Waals surface area contributed by atoms with E-state index in [9.17, 15) is 13.2 Å². The average Bonchev–Trinajstić information content (AvgIpc) is 3.14. The number of aryl methyl sites for hydroxylation is 1. The summed E-state index contributed by atoms with van der Waals surface area (Å²) in [5.74, 6) is -0.106. The lowest BCUT2D eigenvalue weighted by Crippen LogP contribution is -2.40. The zero-order valence-corrected chi connectivity index (χ0v) is 19.4. The quantitative estimate of drug-likeness (QED) is 0.543. The van der Waals surface area contributed by atoms with Gasteiger partial charge in [0.05, 0.1) is 37.0 Å². The first-order chi connectivity index (χ1) is 15.4. The molecular weight excluding hydrogens is 452 g/mol. The summed E-state index contributed by atoms with van der Waals surface area (Å²) in [7, 11) is -0.462. The van der Waals surface area contributed by atoms with E-state index >= 15 is 0 Å². The van der Waals surface area contributed by atoms with Crippen molar-refractivity contribution in [1.29, 1.82) is 0 Å². The predicted molar refractivity (Wildman–Crippen MR) is 121 cm³/mol. The van der Waals surface area contributed by atoms with E-state index in [0.29, 0.717) is 23.6 Å². The van der Waals surface area contributed by atoms with Crippen LogP contribution in [0.5, 0.6) is 5.75 Å². The second-order valence-corrected chi connectivity index (χ2v) is 10.2. The molecule has 1 amide bonds. The number of nitrogens with zero attached hydrogens (tertiary/aromatic N) is 3. The molecule has 0 bridgehead atoms. The van der Waals surface area contributed by atoms with Crippen LogP contribution in [0.1, 0.15) is 5.56 Å². The van der Waals surface area contributed by atoms with Crippen LogP contribution in [0, 0.1) is 0 Å². The van der Waals surface area contributed by atoms with E-state index in [-0.39, 0.29) is 36.1 Å². The number of hydrogen-bond acceptors (Lipinski definition) is 7. The Morgan fingerprint density at radius 3 is 2.69 bits per heavy atom. The first kappa shape index (κ1) is 22.5. The van der Waals surface area contributed by atoms with E-state index in [0.717, 1.165) is 10.2 Å². The van der Waals surface area contributed by atoms with Gasteiger partial charge < -0.3 is 14.0 Å². The molecule has 1 aromatic heterocycles. The minimum Gasteiger partial charge on any atom is -0.495 e. The predicted octanol–water partition coefficient (Wildman–Crippen LogP) is 1.44. The zero-order chi connectivity index (χ0) is 22.7. The number of nitrogens with one attached hydrogen (secondary N) is 1. The normalized spacial score (nSPS) is 15.8. The number of aromatic nitrogens is 1. The fourth-order valence-electron chi connectivity index (χ4n) is 3.48. The molecule has 11 heteroatoms. The molecular formula is C21H24N4O5S2. The lowest BCUT2D eigenvalue weighted by atomic mass is 10.1. The largest absolute Gasteiger partial charge is 0.495 e. The van der Waals surface area contributed by atoms with E-state index in [4.69, 9.17) is 9.47 Å². The van der Waals surface area contributed by atoms with Gasteiger partial charge in [-0.25, -0.2) is 13.8 Å². The minimum absolute atomic E-state index is 0.0201. The van der Waals surface area contributed by atoms with Gasteiger partial charge in [-0.2, -0.15) is 4.31 Å². The van der Waals surface area contributed by atoms with Crippen molar-refractivity contribution < 1.29 is 22.7 Å². The monoisotopic (exact) mass is 476 g/mol. The van der Waals surface area contributed by atoms with Crippen molar-refractivity contribution in [2.75, 3.05) is 33.4 Å². The van der Waals surface area contributed by atoms with Gasteiger partial charge in [-0.1, -0.05) is 29.5 Å². The van der Waals surface area contributed by atoms with Gasteiger partial charge >= 0.3 is 0 Å². The van der Waals surface area contributed by atoms with Crippen molar-refractivity contribution in [3.8, 4) is 5.75 Å². The number of fused-ring (bicyclic) bond motifs is 1. The molecule has 0 radical (unpaired) electrons. The highest BCUT2D eigenvalue weighted by molar-refractivity contribution is 7.89. The van der Waals surface area contributed by atoms with Crippen molar-refractivity contribution in [2.45, 2.75) is 11.3 Å². The summed E-state index contributed by atoms with van der Waals surface area (Å²) < 4.78 is 41.1. The number of benzene rings is 2. The van der Waals surface area contributed by atoms with Gasteiger partial charge in [-0.3, -0.25) is 4.79 Å². The fraction of sp³-hybridized carbons (Fsp3) is 0.333. The maximum absolute atomic E-state index is 13.1. The average molecular weight is 477 g/mol. The molecule has 1 aliphatic heterocycles. The van der Waals surface area contributed by atoms with E-state index in [1.807, 2.05) is 35.9 Å². The number of morpholine rings is 1. The van der Waals surface area contributed by atoms with Crippen LogP contribution in [-0.4, -0.2) is 56.6 Å². The number of amides is 1. The molecule has 9 nitrogen and oxygen atoms in total. The van der Waals surface area contributed by atoms with Crippen LogP contribution in [0.25, 0.3) is 10.2 Å². The summed E-state index contributed by atoms with van der Waals surface area (Å²) in [5.41, 5.74) is 4.14. The van der Waals surface area contributed by atoms with Gasteiger partial charge in [0.1, 0.15) is 10.6 Å². The van der Waals surface area contributed by atoms with Gasteiger partial charge in [-0.15, -0.1) is 5.10 Å². The van der Waals surface area contributed by atoms with Gasteiger partial charge in [0.2, 0.25) is 20.7 Å². The number of thiazole rings is 1. The van der Waals surface area contributed by atoms with Gasteiger partial charge in [0.15, 0.2) is 0 Å². The molecule has 0 saturated carbocycles. The molecule has 3 aromatic rings. The van der Waals surface area contributed by atoms with Crippen LogP contribution >= 0.6 is 11.3 Å². The summed E-state index contributed by atoms with van der Waals surface area (Å²) in [6, 6.07) is 12.6. The smallest absolute Gasteiger partial charge is 0.246 e. The summed E-state index contributed by atoms with van der Waals surface area (Å²) in [6.45, 7) is 1.25. The van der Waals surface area contributed by atoms with E-state index < -0.39 is 10.0 Å². The van der Waals surface area contributed by atoms with E-state index in [1.54, 1.807) is 12.1 Å². The van der Waals surface area contributed by atoms with E-state index in [2.05, 4.69) is 10.5 Å². The third kappa shape index (κ3) is 4.56. The second-order valence-electron chi connectivity index (χ2n) is 7.24. The first-order valence-corrected chi connectivity index (χ1v) is 12.3. The molecule has 0 unspecified atom stereocenters. The van der Waals surface area contributed by atoms with Crippen LogP contribution in [0.15, 0.2) is 52.5 Å². The van der Waals surface area contributed by atoms with Crippen molar-refractivity contribution >= 4 is 37.5 Å². The lowest BCUT2D eigenvalue weighted by molar-refractivity contribution is -0.120. The molecule has 4 rings (SSSR count). The van der Waals surface area contributed by atoms with Crippen molar-refractivity contribution in [3.05, 3.63) is 52.8 Å². The molecule has 0 aliphatic carbocycles. The van der Waals surface area contributed by atoms with Crippen LogP contribution in [0.3, 0.4) is 0 Å². The molecule has 1 N–H and O–H groups in total. The Kier molecular flexibility index (Phi) is 6.60. The Labute approximate surface area is 189 Å². The zero-order valence-electron chi connectivity index (χ0n) is 17.8. The summed E-state index contributed by atoms with van der Waals surface area (Å²) in [5, 5.41) is 4.23. The number of methoxy groups -OCH3 is 1. The minimum atomic E-state index is -3.77. The SMILES string of the molecule is COc1ccc(CC(=O)N/N=c2/sc3ccccc3n2C)cc1S(=O)(=O)N1CCOCC1. The van der Waals surface area contributed by atoms with Crippen molar-refractivity contribution in [3.63, 3.8) is 0 Å². The Balaban J connectivity index is 1.54. The third-order valence-electron chi connectivity index (χ3n) is 5.17. The molecule has 2 heterocycles. The first-order valence-electron chi connectivity index (χ1n) is 10.0. The molecule has 1 aliphatic rings.